The summed E-state index contributed by atoms with van der Waals surface area (Å²) >= 11 is 0. The number of hydrogen-bond acceptors (Lipinski definition) is 7. The van der Waals surface area contributed by atoms with Crippen LogP contribution in [0.25, 0.3) is 0 Å². The van der Waals surface area contributed by atoms with E-state index in [1.54, 1.807) is 23.2 Å². The van der Waals surface area contributed by atoms with Crippen LogP contribution < -0.4 is 15.1 Å². The molecule has 30 heavy (non-hydrogen) atoms. The van der Waals surface area contributed by atoms with Gasteiger partial charge in [-0.25, -0.2) is 9.78 Å². The van der Waals surface area contributed by atoms with Crippen LogP contribution in [0.1, 0.15) is 34.0 Å². The molecule has 1 saturated carbocycles. The summed E-state index contributed by atoms with van der Waals surface area (Å²) in [5.74, 6) is -0.861. The zero-order valence-electron chi connectivity index (χ0n) is 16.0. The van der Waals surface area contributed by atoms with Crippen molar-refractivity contribution in [2.24, 2.45) is 5.73 Å². The fraction of sp³-hybridized carbons (Fsp3) is 0.421. The average Bonchev–Trinajstić information content (AvgIpc) is 3.33. The number of fused-ring (bicyclic) bond motifs is 3. The van der Waals surface area contributed by atoms with E-state index >= 15 is 0 Å². The number of likely N-dealkylation sites (tertiary alicyclic amines) is 1. The van der Waals surface area contributed by atoms with Crippen LogP contribution in [0.4, 0.5) is 0 Å². The fourth-order valence-electron chi connectivity index (χ4n) is 4.22. The normalized spacial score (nSPS) is 23.0. The number of carbonyl (C=O) groups is 2. The van der Waals surface area contributed by atoms with E-state index in [0.717, 1.165) is 17.7 Å². The van der Waals surface area contributed by atoms with Gasteiger partial charge in [0.15, 0.2) is 0 Å². The number of nitrogens with zero attached hydrogens (tertiary/aromatic N) is 2. The molecular weight excluding hydrogens is 391 g/mol. The molecule has 1 aromatic carbocycles. The van der Waals surface area contributed by atoms with Gasteiger partial charge in [-0.1, -0.05) is 6.07 Å². The maximum atomic E-state index is 12.5. The van der Waals surface area contributed by atoms with Crippen molar-refractivity contribution in [2.75, 3.05) is 13.1 Å². The Hall–Kier alpha value is -3.05. The number of nitrogens with one attached hydrogen (secondary N) is 1. The van der Waals surface area contributed by atoms with Crippen LogP contribution in [0.5, 0.6) is 11.5 Å². The molecule has 1 saturated heterocycles. The van der Waals surface area contributed by atoms with E-state index in [4.69, 9.17) is 15.1 Å². The van der Waals surface area contributed by atoms with Gasteiger partial charge in [-0.05, 0) is 24.0 Å². The molecule has 1 unspecified atom stereocenters. The topological polar surface area (TPSA) is 151 Å². The third-order valence-electron chi connectivity index (χ3n) is 5.97. The van der Waals surface area contributed by atoms with E-state index in [9.17, 15) is 19.7 Å². The van der Waals surface area contributed by atoms with E-state index in [2.05, 4.69) is 9.97 Å². The lowest BCUT2D eigenvalue weighted by atomic mass is 9.77. The van der Waals surface area contributed by atoms with Crippen molar-refractivity contribution in [2.45, 2.75) is 36.7 Å². The molecule has 2 fully saturated rings. The smallest absolute Gasteiger partial charge is 0.526 e. The van der Waals surface area contributed by atoms with Crippen LogP contribution in [-0.2, 0) is 11.2 Å². The highest BCUT2D eigenvalue weighted by Gasteiger charge is 2.54. The molecule has 3 aliphatic rings. The van der Waals surface area contributed by atoms with Gasteiger partial charge in [0.2, 0.25) is 5.91 Å². The minimum Gasteiger partial charge on any atom is -0.535 e. The number of H-pyrrole nitrogens is 1. The summed E-state index contributed by atoms with van der Waals surface area (Å²) in [6, 6.07) is 2.74. The highest BCUT2D eigenvalue weighted by molar-refractivity contribution is 6.48. The highest BCUT2D eigenvalue weighted by atomic mass is 16.5. The first kappa shape index (κ1) is 19.0. The summed E-state index contributed by atoms with van der Waals surface area (Å²) in [4.78, 5) is 32.8. The van der Waals surface area contributed by atoms with Gasteiger partial charge in [0, 0.05) is 24.1 Å². The number of carbonyl (C=O) groups excluding carboxylic acids is 1. The Morgan fingerprint density at radius 1 is 1.43 bits per heavy atom. The molecule has 3 heterocycles. The van der Waals surface area contributed by atoms with Crippen LogP contribution in [0.2, 0.25) is 5.82 Å². The molecule has 2 aromatic rings. The first-order valence-corrected chi connectivity index (χ1v) is 9.85. The second-order valence-electron chi connectivity index (χ2n) is 8.05. The summed E-state index contributed by atoms with van der Waals surface area (Å²) in [5.41, 5.74) is 7.48. The fourth-order valence-corrected chi connectivity index (χ4v) is 4.22. The molecule has 3 atom stereocenters. The molecule has 2 aliphatic heterocycles. The number of nitrogens with two attached hydrogens (primary N) is 1. The first-order valence-electron chi connectivity index (χ1n) is 9.85. The third-order valence-corrected chi connectivity index (χ3v) is 5.97. The summed E-state index contributed by atoms with van der Waals surface area (Å²) in [6.07, 6.45) is 3.96. The van der Waals surface area contributed by atoms with Crippen molar-refractivity contribution >= 4 is 19.0 Å². The Labute approximate surface area is 172 Å². The van der Waals surface area contributed by atoms with Crippen LogP contribution in [0, 0.1) is 0 Å². The largest absolute Gasteiger partial charge is 0.535 e. The predicted octanol–water partition coefficient (Wildman–Crippen LogP) is -0.00210. The molecule has 156 valence electrons. The van der Waals surface area contributed by atoms with Gasteiger partial charge in [0.05, 0.1) is 25.5 Å². The van der Waals surface area contributed by atoms with Gasteiger partial charge in [0.1, 0.15) is 23.2 Å². The number of amides is 1. The van der Waals surface area contributed by atoms with Gasteiger partial charge < -0.3 is 35.1 Å². The summed E-state index contributed by atoms with van der Waals surface area (Å²) in [5, 5.41) is 19.7. The Balaban J connectivity index is 1.25. The monoisotopic (exact) mass is 412 g/mol. The van der Waals surface area contributed by atoms with Gasteiger partial charge >= 0.3 is 13.1 Å². The lowest BCUT2D eigenvalue weighted by molar-refractivity contribution is -0.141. The average molecular weight is 412 g/mol. The molecule has 1 aliphatic carbocycles. The Kier molecular flexibility index (Phi) is 4.44. The van der Waals surface area contributed by atoms with Crippen molar-refractivity contribution in [3.8, 4) is 11.5 Å². The predicted molar refractivity (Wildman–Crippen MR) is 104 cm³/mol. The van der Waals surface area contributed by atoms with E-state index in [1.165, 1.54) is 6.33 Å². The summed E-state index contributed by atoms with van der Waals surface area (Å²) < 4.78 is 11.4. The molecule has 0 spiro atoms. The second-order valence-corrected chi connectivity index (χ2v) is 8.05. The molecule has 5 rings (SSSR count). The van der Waals surface area contributed by atoms with Gasteiger partial charge in [-0.3, -0.25) is 4.79 Å². The van der Waals surface area contributed by atoms with Crippen molar-refractivity contribution in [1.82, 2.24) is 14.9 Å². The van der Waals surface area contributed by atoms with E-state index in [0.29, 0.717) is 19.5 Å². The molecule has 0 bridgehead atoms. The molecule has 11 heteroatoms. The number of carboxylic acids is 1. The second kappa shape index (κ2) is 7.03. The number of hydrogen-bond donors (Lipinski definition) is 4. The Morgan fingerprint density at radius 3 is 2.93 bits per heavy atom. The molecule has 0 radical (unpaired) electrons. The quantitative estimate of drug-likeness (QED) is 0.484. The Bertz CT molecular complexity index is 993. The number of benzene rings is 1. The van der Waals surface area contributed by atoms with Crippen molar-refractivity contribution < 1.29 is 29.1 Å². The van der Waals surface area contributed by atoms with E-state index in [-0.39, 0.29) is 40.8 Å². The molecular formula is C19H21BN4O6. The molecule has 5 N–H and O–H groups in total. The van der Waals surface area contributed by atoms with Gasteiger partial charge in [-0.2, -0.15) is 0 Å². The maximum Gasteiger partial charge on any atom is 0.526 e. The standard InChI is InChI=1S/C19H21BN4O6/c21-14(3-9-5-22-8-23-9)18(25)24-6-10(7-24)29-15-2-1-11-12-4-13(12)20(28)30-17(11)16(15)19(26)27/h1-2,5,8,10,12-14,28H,3-4,6-7,21H2,(H,22,23)(H,26,27)/t12-,13?,14+/m0/s1. The SMILES string of the molecule is N[C@H](Cc1cnc[nH]1)C(=O)N1CC(Oc2ccc3c(c2C(=O)O)OB(O)C2C[C@@H]32)C1. The Morgan fingerprint density at radius 2 is 2.23 bits per heavy atom. The number of imidazole rings is 1. The van der Waals surface area contributed by atoms with E-state index < -0.39 is 19.1 Å². The van der Waals surface area contributed by atoms with Crippen LogP contribution in [0.15, 0.2) is 24.7 Å². The highest BCUT2D eigenvalue weighted by Crippen LogP contribution is 2.60. The number of carboxylic acid groups (broad SMARTS) is 1. The van der Waals surface area contributed by atoms with Crippen LogP contribution >= 0.6 is 0 Å². The molecule has 1 amide bonds. The molecule has 1 aromatic heterocycles. The van der Waals surface area contributed by atoms with Crippen molar-refractivity contribution in [3.05, 3.63) is 41.5 Å². The number of aromatic nitrogens is 2. The number of rotatable bonds is 6. The zero-order valence-corrected chi connectivity index (χ0v) is 16.0. The first-order chi connectivity index (χ1) is 14.4. The molecule has 10 nitrogen and oxygen atoms in total. The minimum atomic E-state index is -1.18. The lowest BCUT2D eigenvalue weighted by Crippen LogP contribution is -2.60. The van der Waals surface area contributed by atoms with E-state index in [1.807, 2.05) is 0 Å². The lowest BCUT2D eigenvalue weighted by Gasteiger charge is -2.40. The van der Waals surface area contributed by atoms with Gasteiger partial charge in [-0.15, -0.1) is 0 Å². The minimum absolute atomic E-state index is 0.0306. The van der Waals surface area contributed by atoms with Gasteiger partial charge in [0.25, 0.3) is 0 Å². The third kappa shape index (κ3) is 3.19. The number of aromatic amines is 1. The van der Waals surface area contributed by atoms with Crippen molar-refractivity contribution in [1.29, 1.82) is 0 Å². The van der Waals surface area contributed by atoms with Crippen LogP contribution in [-0.4, -0.2) is 69.2 Å². The van der Waals surface area contributed by atoms with Crippen molar-refractivity contribution in [3.63, 3.8) is 0 Å². The zero-order chi connectivity index (χ0) is 21.0. The summed E-state index contributed by atoms with van der Waals surface area (Å²) in [7, 11) is -0.996. The maximum absolute atomic E-state index is 12.5. The van der Waals surface area contributed by atoms with Crippen LogP contribution in [0.3, 0.4) is 0 Å². The number of aromatic carboxylic acids is 1. The number of ether oxygens (including phenoxy) is 1. The summed E-state index contributed by atoms with van der Waals surface area (Å²) in [6.45, 7) is 0.639.